The number of nitrogens with zero attached hydrogens (tertiary/aromatic N) is 1. The van der Waals surface area contributed by atoms with Gasteiger partial charge >= 0.3 is 0 Å². The maximum absolute atomic E-state index is 9.38. The lowest BCUT2D eigenvalue weighted by Gasteiger charge is -2.38. The summed E-state index contributed by atoms with van der Waals surface area (Å²) in [5.41, 5.74) is 0.916. The van der Waals surface area contributed by atoms with Crippen LogP contribution in [0.5, 0.6) is 11.5 Å². The fourth-order valence-electron chi connectivity index (χ4n) is 3.34. The van der Waals surface area contributed by atoms with E-state index in [9.17, 15) is 5.26 Å². The van der Waals surface area contributed by atoms with E-state index in [2.05, 4.69) is 24.3 Å². The minimum Gasteiger partial charge on any atom is -0.493 e. The smallest absolute Gasteiger partial charge is 0.161 e. The Kier molecular flexibility index (Phi) is 4.84. The molecule has 1 spiro atoms. The summed E-state index contributed by atoms with van der Waals surface area (Å²) >= 11 is 4.08. The minimum absolute atomic E-state index is 0.219. The van der Waals surface area contributed by atoms with Crippen LogP contribution in [-0.2, 0) is 5.41 Å². The summed E-state index contributed by atoms with van der Waals surface area (Å²) in [6.07, 6.45) is 7.20. The van der Waals surface area contributed by atoms with E-state index in [4.69, 9.17) is 9.47 Å². The van der Waals surface area contributed by atoms with Gasteiger partial charge in [-0.05, 0) is 30.5 Å². The van der Waals surface area contributed by atoms with Crippen molar-refractivity contribution in [1.82, 2.24) is 0 Å². The fraction of sp³-hybridized carbons (Fsp3) is 0.500. The molecule has 0 amide bonds. The second kappa shape index (κ2) is 6.70. The lowest BCUT2D eigenvalue weighted by Crippen LogP contribution is -2.32. The van der Waals surface area contributed by atoms with Crippen LogP contribution in [0.1, 0.15) is 24.8 Å². The summed E-state index contributed by atoms with van der Waals surface area (Å²) in [6.45, 7) is 0. The first-order chi connectivity index (χ1) is 11.2. The van der Waals surface area contributed by atoms with Gasteiger partial charge in [0.05, 0.1) is 24.4 Å². The maximum Gasteiger partial charge on any atom is 0.161 e. The van der Waals surface area contributed by atoms with E-state index in [1.807, 2.05) is 35.7 Å². The largest absolute Gasteiger partial charge is 0.493 e. The van der Waals surface area contributed by atoms with Gasteiger partial charge in [-0.3, -0.25) is 0 Å². The van der Waals surface area contributed by atoms with Gasteiger partial charge in [-0.2, -0.15) is 5.26 Å². The Morgan fingerprint density at radius 2 is 1.83 bits per heavy atom. The van der Waals surface area contributed by atoms with Gasteiger partial charge in [-0.25, -0.2) is 0 Å². The first kappa shape index (κ1) is 16.6. The molecule has 1 heterocycles. The molecule has 1 atom stereocenters. The Hall–Kier alpha value is -1.25. The van der Waals surface area contributed by atoms with Crippen LogP contribution in [0.4, 0.5) is 0 Å². The summed E-state index contributed by atoms with van der Waals surface area (Å²) in [7, 11) is 3.29. The Balaban J connectivity index is 1.98. The molecule has 1 aromatic rings. The molecule has 2 aliphatic rings. The van der Waals surface area contributed by atoms with Crippen molar-refractivity contribution in [3.8, 4) is 17.6 Å². The molecular formula is C18H21NO2S2. The van der Waals surface area contributed by atoms with Gasteiger partial charge in [-0.15, -0.1) is 23.5 Å². The highest BCUT2D eigenvalue weighted by atomic mass is 32.2. The normalized spacial score (nSPS) is 25.3. The zero-order chi connectivity index (χ0) is 16.3. The van der Waals surface area contributed by atoms with Crippen LogP contribution in [0, 0.1) is 11.3 Å². The first-order valence-corrected chi connectivity index (χ1v) is 9.72. The van der Waals surface area contributed by atoms with E-state index in [-0.39, 0.29) is 9.49 Å². The Labute approximate surface area is 146 Å². The van der Waals surface area contributed by atoms with Gasteiger partial charge in [0.25, 0.3) is 0 Å². The second-order valence-electron chi connectivity index (χ2n) is 5.90. The Morgan fingerprint density at radius 1 is 1.09 bits per heavy atom. The van der Waals surface area contributed by atoms with Gasteiger partial charge in [-0.1, -0.05) is 18.2 Å². The fourth-order valence-corrected chi connectivity index (χ4v) is 6.35. The molecule has 0 saturated carbocycles. The third kappa shape index (κ3) is 3.07. The van der Waals surface area contributed by atoms with Crippen molar-refractivity contribution in [2.45, 2.75) is 28.8 Å². The van der Waals surface area contributed by atoms with E-state index in [0.717, 1.165) is 29.9 Å². The number of nitriles is 1. The van der Waals surface area contributed by atoms with Crippen LogP contribution >= 0.6 is 23.5 Å². The third-order valence-electron chi connectivity index (χ3n) is 4.70. The molecule has 1 unspecified atom stereocenters. The summed E-state index contributed by atoms with van der Waals surface area (Å²) in [5, 5.41) is 9.38. The number of rotatable bonds is 4. The zero-order valence-corrected chi connectivity index (χ0v) is 15.1. The van der Waals surface area contributed by atoms with Crippen LogP contribution in [0.15, 0.2) is 30.4 Å². The predicted octanol–water partition coefficient (Wildman–Crippen LogP) is 4.38. The number of hydrogen-bond acceptors (Lipinski definition) is 5. The van der Waals surface area contributed by atoms with Crippen LogP contribution < -0.4 is 9.47 Å². The molecule has 1 aliphatic carbocycles. The van der Waals surface area contributed by atoms with E-state index in [1.54, 1.807) is 14.2 Å². The van der Waals surface area contributed by atoms with Gasteiger partial charge in [0.1, 0.15) is 0 Å². The van der Waals surface area contributed by atoms with E-state index in [0.29, 0.717) is 6.42 Å². The Morgan fingerprint density at radius 3 is 2.39 bits per heavy atom. The molecule has 1 aromatic carbocycles. The third-order valence-corrected chi connectivity index (χ3v) is 8.14. The van der Waals surface area contributed by atoms with Crippen LogP contribution in [0.2, 0.25) is 0 Å². The number of thioether (sulfide) groups is 2. The van der Waals surface area contributed by atoms with Crippen molar-refractivity contribution in [3.63, 3.8) is 0 Å². The number of allylic oxidation sites excluding steroid dienone is 1. The van der Waals surface area contributed by atoms with Crippen LogP contribution in [0.3, 0.4) is 0 Å². The average Bonchev–Trinajstić information content (AvgIpc) is 3.05. The molecule has 0 radical (unpaired) electrons. The molecule has 3 nitrogen and oxygen atoms in total. The second-order valence-corrected chi connectivity index (χ2v) is 9.01. The van der Waals surface area contributed by atoms with Crippen LogP contribution in [-0.4, -0.2) is 29.8 Å². The van der Waals surface area contributed by atoms with Crippen molar-refractivity contribution < 1.29 is 9.47 Å². The van der Waals surface area contributed by atoms with Gasteiger partial charge < -0.3 is 9.47 Å². The molecule has 0 aromatic heterocycles. The molecular weight excluding hydrogens is 326 g/mol. The van der Waals surface area contributed by atoms with E-state index in [1.165, 1.54) is 11.5 Å². The SMILES string of the molecule is COc1ccc(C2(CC#N)C=CC3(CC2)SCCS3)cc1OC. The highest BCUT2D eigenvalue weighted by Gasteiger charge is 2.42. The highest BCUT2D eigenvalue weighted by molar-refractivity contribution is 8.21. The van der Waals surface area contributed by atoms with Crippen molar-refractivity contribution >= 4 is 23.5 Å². The molecule has 5 heteroatoms. The molecule has 23 heavy (non-hydrogen) atoms. The van der Waals surface area contributed by atoms with Gasteiger partial charge in [0.2, 0.25) is 0 Å². The lowest BCUT2D eigenvalue weighted by molar-refractivity contribution is 0.352. The minimum atomic E-state index is -0.219. The van der Waals surface area contributed by atoms with Crippen LogP contribution in [0.25, 0.3) is 0 Å². The standard InChI is InChI=1S/C18H21NO2S2/c1-20-15-4-3-14(13-16(15)21-2)17(9-10-19)5-7-18(8-6-17)22-11-12-23-18/h3-5,7,13H,6,8-9,11-12H2,1-2H3. The first-order valence-electron chi connectivity index (χ1n) is 7.75. The van der Waals surface area contributed by atoms with Gasteiger partial charge in [0.15, 0.2) is 11.5 Å². The van der Waals surface area contributed by atoms with Crippen molar-refractivity contribution in [2.75, 3.05) is 25.7 Å². The number of benzene rings is 1. The molecule has 1 aliphatic heterocycles. The molecule has 1 fully saturated rings. The van der Waals surface area contributed by atoms with Crippen molar-refractivity contribution in [1.29, 1.82) is 5.26 Å². The summed E-state index contributed by atoms with van der Waals surface area (Å²) in [5.74, 6) is 3.88. The topological polar surface area (TPSA) is 42.2 Å². The summed E-state index contributed by atoms with van der Waals surface area (Å²) in [4.78, 5) is 0. The van der Waals surface area contributed by atoms with Crippen molar-refractivity contribution in [2.24, 2.45) is 0 Å². The lowest BCUT2D eigenvalue weighted by atomic mass is 9.71. The molecule has 0 bridgehead atoms. The molecule has 1 saturated heterocycles. The van der Waals surface area contributed by atoms with E-state index < -0.39 is 0 Å². The summed E-state index contributed by atoms with van der Waals surface area (Å²) in [6, 6.07) is 8.41. The monoisotopic (exact) mass is 347 g/mol. The molecule has 0 N–H and O–H groups in total. The average molecular weight is 348 g/mol. The van der Waals surface area contributed by atoms with Crippen molar-refractivity contribution in [3.05, 3.63) is 35.9 Å². The zero-order valence-electron chi connectivity index (χ0n) is 13.5. The summed E-state index contributed by atoms with van der Waals surface area (Å²) < 4.78 is 11.0. The molecule has 122 valence electrons. The van der Waals surface area contributed by atoms with E-state index >= 15 is 0 Å². The maximum atomic E-state index is 9.38. The van der Waals surface area contributed by atoms with Gasteiger partial charge in [0, 0.05) is 23.3 Å². The molecule has 3 rings (SSSR count). The number of hydrogen-bond donors (Lipinski definition) is 0. The quantitative estimate of drug-likeness (QED) is 0.756. The number of methoxy groups -OCH3 is 2. The number of ether oxygens (including phenoxy) is 2. The highest BCUT2D eigenvalue weighted by Crippen LogP contribution is 2.54. The predicted molar refractivity (Wildman–Crippen MR) is 97.5 cm³/mol. The Bertz CT molecular complexity index is 647.